The quantitative estimate of drug-likeness (QED) is 0.141. The van der Waals surface area contributed by atoms with Gasteiger partial charge in [-0.2, -0.15) is 10.2 Å². The van der Waals surface area contributed by atoms with Crippen LogP contribution in [-0.2, 0) is 16.6 Å². The molecule has 3 saturated carbocycles. The van der Waals surface area contributed by atoms with Crippen LogP contribution < -0.4 is 0 Å². The summed E-state index contributed by atoms with van der Waals surface area (Å²) < 4.78 is 5.77. The summed E-state index contributed by atoms with van der Waals surface area (Å²) in [5.41, 5.74) is -0.582. The highest BCUT2D eigenvalue weighted by Crippen LogP contribution is 2.34. The molecular weight excluding hydrogens is 548 g/mol. The van der Waals surface area contributed by atoms with Crippen LogP contribution in [0.15, 0.2) is 65.3 Å². The van der Waals surface area contributed by atoms with E-state index in [0.29, 0.717) is 0 Å². The van der Waals surface area contributed by atoms with E-state index in [9.17, 15) is 0 Å². The lowest BCUT2D eigenvalue weighted by Gasteiger charge is -2.34. The number of rotatable bonds is 6. The molecule has 0 atom stereocenters. The Morgan fingerprint density at radius 3 is 1.49 bits per heavy atom. The molecule has 0 bridgehead atoms. The normalized spacial score (nSPS) is 21.5. The van der Waals surface area contributed by atoms with Crippen LogP contribution in [0.5, 0.6) is 0 Å². The maximum atomic E-state index is 8.80. The Balaban J connectivity index is 0.000000148. The summed E-state index contributed by atoms with van der Waals surface area (Å²) in [7, 11) is 0. The summed E-state index contributed by atoms with van der Waals surface area (Å²) >= 11 is 0. The molecule has 0 aliphatic heterocycles. The summed E-state index contributed by atoms with van der Waals surface area (Å²) in [6.07, 6.45) is 35.4. The van der Waals surface area contributed by atoms with Crippen molar-refractivity contribution < 1.29 is 15.6 Å². The van der Waals surface area contributed by atoms with Crippen LogP contribution >= 0.6 is 0 Å². The number of hydrogen-bond donors (Lipinski definition) is 3. The second-order valence-electron chi connectivity index (χ2n) is 11.8. The van der Waals surface area contributed by atoms with E-state index in [2.05, 4.69) is 35.6 Å². The maximum absolute atomic E-state index is 8.80. The van der Waals surface area contributed by atoms with E-state index in [0.717, 1.165) is 51.4 Å². The van der Waals surface area contributed by atoms with Gasteiger partial charge in [-0.05, 0) is 44.6 Å². The number of aromatic nitrogens is 7. The highest BCUT2D eigenvalue weighted by atomic mass is 16.4. The largest absolute Gasteiger partial charge is 0.411 e. The Labute approximate surface area is 253 Å². The molecule has 0 saturated heterocycles. The van der Waals surface area contributed by atoms with Gasteiger partial charge in [-0.3, -0.25) is 4.68 Å². The molecule has 13 nitrogen and oxygen atoms in total. The van der Waals surface area contributed by atoms with Gasteiger partial charge < -0.3 is 20.2 Å². The lowest BCUT2D eigenvalue weighted by atomic mass is 9.82. The van der Waals surface area contributed by atoms with Gasteiger partial charge in [0.2, 0.25) is 0 Å². The molecule has 13 heteroatoms. The molecular formula is C30H46N10O3. The topological polar surface area (TPSA) is 164 Å². The van der Waals surface area contributed by atoms with Gasteiger partial charge in [0, 0.05) is 24.8 Å². The van der Waals surface area contributed by atoms with Crippen molar-refractivity contribution in [3.8, 4) is 0 Å². The third-order valence-electron chi connectivity index (χ3n) is 9.16. The smallest absolute Gasteiger partial charge is 0.137 e. The molecule has 3 aliphatic rings. The Bertz CT molecular complexity index is 1160. The van der Waals surface area contributed by atoms with E-state index in [4.69, 9.17) is 15.6 Å². The van der Waals surface area contributed by atoms with Gasteiger partial charge in [-0.1, -0.05) is 79.7 Å². The summed E-state index contributed by atoms with van der Waals surface area (Å²) in [5, 5.41) is 44.3. The summed E-state index contributed by atoms with van der Waals surface area (Å²) in [4.78, 5) is 7.98. The SMILES string of the molecule is ON=CC1(n2cccn2)CCCCCC1.ON=CC1(n2ccnc2)CCCCC1.ON=CC1(n2cncn2)CCCCC1. The second-order valence-corrected chi connectivity index (χ2v) is 11.8. The van der Waals surface area contributed by atoms with E-state index >= 15 is 0 Å². The average molecular weight is 595 g/mol. The Kier molecular flexibility index (Phi) is 11.9. The average Bonchev–Trinajstić information content (AvgIpc) is 3.84. The zero-order chi connectivity index (χ0) is 30.3. The van der Waals surface area contributed by atoms with Crippen molar-refractivity contribution in [3.63, 3.8) is 0 Å². The van der Waals surface area contributed by atoms with E-state index < -0.39 is 0 Å². The summed E-state index contributed by atoms with van der Waals surface area (Å²) in [6, 6.07) is 1.91. The fraction of sp³-hybridized carbons (Fsp3) is 0.633. The van der Waals surface area contributed by atoms with Crippen molar-refractivity contribution in [3.05, 3.63) is 49.8 Å². The molecule has 0 spiro atoms. The first-order chi connectivity index (χ1) is 21.1. The van der Waals surface area contributed by atoms with Crippen molar-refractivity contribution in [2.75, 3.05) is 0 Å². The minimum Gasteiger partial charge on any atom is -0.411 e. The van der Waals surface area contributed by atoms with Gasteiger partial charge in [0.15, 0.2) is 0 Å². The van der Waals surface area contributed by atoms with Crippen LogP contribution in [0.4, 0.5) is 0 Å². The number of imidazole rings is 1. The first-order valence-corrected chi connectivity index (χ1v) is 15.5. The number of oxime groups is 3. The molecule has 3 fully saturated rings. The molecule has 3 N–H and O–H groups in total. The molecule has 3 aliphatic carbocycles. The van der Waals surface area contributed by atoms with Crippen LogP contribution in [0.2, 0.25) is 0 Å². The molecule has 0 radical (unpaired) electrons. The molecule has 0 aromatic carbocycles. The molecule has 0 unspecified atom stereocenters. The van der Waals surface area contributed by atoms with E-state index in [1.54, 1.807) is 48.4 Å². The fourth-order valence-electron chi connectivity index (χ4n) is 6.77. The first-order valence-electron chi connectivity index (χ1n) is 15.5. The van der Waals surface area contributed by atoms with Gasteiger partial charge >= 0.3 is 0 Å². The van der Waals surface area contributed by atoms with E-state index in [1.807, 2.05) is 27.7 Å². The van der Waals surface area contributed by atoms with Crippen LogP contribution in [0, 0.1) is 0 Å². The maximum Gasteiger partial charge on any atom is 0.137 e. The molecule has 43 heavy (non-hydrogen) atoms. The number of nitrogens with zero attached hydrogens (tertiary/aromatic N) is 10. The predicted molar refractivity (Wildman–Crippen MR) is 163 cm³/mol. The highest BCUT2D eigenvalue weighted by Gasteiger charge is 2.34. The minimum absolute atomic E-state index is 0.135. The highest BCUT2D eigenvalue weighted by molar-refractivity contribution is 5.68. The summed E-state index contributed by atoms with van der Waals surface area (Å²) in [5.74, 6) is 0. The molecule has 234 valence electrons. The molecule has 3 aromatic heterocycles. The van der Waals surface area contributed by atoms with Crippen molar-refractivity contribution >= 4 is 18.6 Å². The molecule has 6 rings (SSSR count). The lowest BCUT2D eigenvalue weighted by molar-refractivity contribution is 0.249. The van der Waals surface area contributed by atoms with Crippen molar-refractivity contribution in [2.24, 2.45) is 15.5 Å². The number of hydrogen-bond acceptors (Lipinski definition) is 10. The van der Waals surface area contributed by atoms with Crippen LogP contribution in [-0.4, -0.2) is 68.4 Å². The first kappa shape index (κ1) is 31.9. The van der Waals surface area contributed by atoms with Crippen molar-refractivity contribution in [1.29, 1.82) is 0 Å². The van der Waals surface area contributed by atoms with Crippen LogP contribution in [0.25, 0.3) is 0 Å². The van der Waals surface area contributed by atoms with Crippen molar-refractivity contribution in [2.45, 2.75) is 119 Å². The zero-order valence-corrected chi connectivity index (χ0v) is 25.0. The third kappa shape index (κ3) is 8.08. The van der Waals surface area contributed by atoms with Gasteiger partial charge in [0.1, 0.15) is 23.7 Å². The van der Waals surface area contributed by atoms with Gasteiger partial charge in [0.05, 0.1) is 30.5 Å². The third-order valence-corrected chi connectivity index (χ3v) is 9.16. The molecule has 0 amide bonds. The predicted octanol–water partition coefficient (Wildman–Crippen LogP) is 5.79. The second kappa shape index (κ2) is 16.0. The van der Waals surface area contributed by atoms with Gasteiger partial charge in [-0.25, -0.2) is 14.6 Å². The Hall–Kier alpha value is -4.03. The van der Waals surface area contributed by atoms with E-state index in [-0.39, 0.29) is 16.6 Å². The fourth-order valence-corrected chi connectivity index (χ4v) is 6.77. The Morgan fingerprint density at radius 1 is 0.535 bits per heavy atom. The van der Waals surface area contributed by atoms with Gasteiger partial charge in [0.25, 0.3) is 0 Å². The van der Waals surface area contributed by atoms with Crippen LogP contribution in [0.1, 0.15) is 103 Å². The molecule has 3 heterocycles. The van der Waals surface area contributed by atoms with Crippen LogP contribution in [0.3, 0.4) is 0 Å². The molecule has 3 aromatic rings. The van der Waals surface area contributed by atoms with Crippen molar-refractivity contribution in [1.82, 2.24) is 34.1 Å². The monoisotopic (exact) mass is 594 g/mol. The van der Waals surface area contributed by atoms with Gasteiger partial charge in [-0.15, -0.1) is 0 Å². The Morgan fingerprint density at radius 2 is 1.05 bits per heavy atom. The lowest BCUT2D eigenvalue weighted by Crippen LogP contribution is -2.38. The minimum atomic E-state index is -0.247. The summed E-state index contributed by atoms with van der Waals surface area (Å²) in [6.45, 7) is 0. The standard InChI is InChI=1S/C11H17N3O.C10H15N3O.C9H14N4O/c15-13-10-11(14-9-5-8-12-14)6-3-1-2-4-7-11;14-12-8-10(4-2-1-3-5-10)13-7-6-11-9-13;14-12-6-9(4-2-1-3-5-9)13-8-10-7-11-13/h5,8-10,15H,1-4,6-7H2;6-9,14H,1-5H2;6-8,14H,1-5H2. The zero-order valence-electron chi connectivity index (χ0n) is 25.0. The van der Waals surface area contributed by atoms with E-state index in [1.165, 1.54) is 57.7 Å².